The van der Waals surface area contributed by atoms with Gasteiger partial charge in [-0.2, -0.15) is 0 Å². The number of para-hydroxylation sites is 1. The molecule has 0 saturated carbocycles. The van der Waals surface area contributed by atoms with Crippen molar-refractivity contribution in [1.82, 2.24) is 9.80 Å². The molecule has 2 saturated heterocycles. The van der Waals surface area contributed by atoms with Crippen molar-refractivity contribution in [2.24, 2.45) is 0 Å². The van der Waals surface area contributed by atoms with E-state index >= 15 is 0 Å². The molecular formula is C18H27N3O2. The molecule has 2 fully saturated rings. The van der Waals surface area contributed by atoms with Crippen molar-refractivity contribution in [3.8, 4) is 0 Å². The minimum absolute atomic E-state index is 0.156. The van der Waals surface area contributed by atoms with E-state index in [4.69, 9.17) is 5.11 Å². The molecule has 126 valence electrons. The van der Waals surface area contributed by atoms with Crippen molar-refractivity contribution in [2.75, 3.05) is 31.5 Å². The average Bonchev–Trinajstić information content (AvgIpc) is 2.57. The highest BCUT2D eigenvalue weighted by Crippen LogP contribution is 2.31. The van der Waals surface area contributed by atoms with Crippen LogP contribution in [-0.2, 0) is 0 Å². The second kappa shape index (κ2) is 6.79. The summed E-state index contributed by atoms with van der Waals surface area (Å²) in [5.41, 5.74) is 1.36. The topological polar surface area (TPSA) is 55.8 Å². The summed E-state index contributed by atoms with van der Waals surface area (Å²) >= 11 is 0. The maximum Gasteiger partial charge on any atom is 0.407 e. The fraction of sp³-hybridized carbons (Fsp3) is 0.611. The van der Waals surface area contributed by atoms with Gasteiger partial charge >= 0.3 is 6.09 Å². The number of piperidine rings is 2. The van der Waals surface area contributed by atoms with Crippen LogP contribution in [0.1, 0.15) is 32.6 Å². The summed E-state index contributed by atoms with van der Waals surface area (Å²) in [6.07, 6.45) is 3.39. The van der Waals surface area contributed by atoms with Crippen LogP contribution in [0.3, 0.4) is 0 Å². The Morgan fingerprint density at radius 2 is 1.74 bits per heavy atom. The van der Waals surface area contributed by atoms with Crippen molar-refractivity contribution in [2.45, 2.75) is 44.2 Å². The zero-order chi connectivity index (χ0) is 16.3. The molecule has 3 rings (SSSR count). The van der Waals surface area contributed by atoms with Gasteiger partial charge in [0, 0.05) is 43.4 Å². The molecule has 5 nitrogen and oxygen atoms in total. The van der Waals surface area contributed by atoms with Crippen LogP contribution < -0.4 is 5.32 Å². The number of amides is 1. The maximum atomic E-state index is 11.1. The van der Waals surface area contributed by atoms with Crippen molar-refractivity contribution in [3.63, 3.8) is 0 Å². The largest absolute Gasteiger partial charge is 0.465 e. The summed E-state index contributed by atoms with van der Waals surface area (Å²) in [5, 5.41) is 12.7. The molecular weight excluding hydrogens is 290 g/mol. The molecule has 2 aliphatic heterocycles. The highest BCUT2D eigenvalue weighted by Gasteiger charge is 2.38. The van der Waals surface area contributed by atoms with Gasteiger partial charge in [0.1, 0.15) is 0 Å². The molecule has 23 heavy (non-hydrogen) atoms. The van der Waals surface area contributed by atoms with Crippen LogP contribution in [0.4, 0.5) is 10.5 Å². The van der Waals surface area contributed by atoms with E-state index in [-0.39, 0.29) is 5.54 Å². The molecule has 0 aromatic heterocycles. The van der Waals surface area contributed by atoms with E-state index in [1.807, 2.05) is 6.07 Å². The van der Waals surface area contributed by atoms with Gasteiger partial charge in [0.2, 0.25) is 0 Å². The van der Waals surface area contributed by atoms with Crippen LogP contribution in [0.15, 0.2) is 30.3 Å². The Morgan fingerprint density at radius 1 is 1.13 bits per heavy atom. The van der Waals surface area contributed by atoms with Crippen LogP contribution in [-0.4, -0.2) is 58.8 Å². The van der Waals surface area contributed by atoms with E-state index in [0.717, 1.165) is 38.8 Å². The fourth-order valence-corrected chi connectivity index (χ4v) is 3.83. The number of nitrogens with zero attached hydrogens (tertiary/aromatic N) is 2. The van der Waals surface area contributed by atoms with Gasteiger partial charge in [-0.05, 0) is 44.7 Å². The molecule has 1 aromatic carbocycles. The smallest absolute Gasteiger partial charge is 0.407 e. The van der Waals surface area contributed by atoms with Crippen molar-refractivity contribution < 1.29 is 9.90 Å². The van der Waals surface area contributed by atoms with Gasteiger partial charge in [-0.15, -0.1) is 0 Å². The summed E-state index contributed by atoms with van der Waals surface area (Å²) in [6, 6.07) is 10.9. The summed E-state index contributed by atoms with van der Waals surface area (Å²) in [6.45, 7) is 5.81. The number of likely N-dealkylation sites (tertiary alicyclic amines) is 2. The van der Waals surface area contributed by atoms with Crippen LogP contribution in [0.25, 0.3) is 0 Å². The van der Waals surface area contributed by atoms with Crippen molar-refractivity contribution >= 4 is 11.8 Å². The van der Waals surface area contributed by atoms with Gasteiger partial charge in [-0.1, -0.05) is 18.2 Å². The monoisotopic (exact) mass is 317 g/mol. The lowest BCUT2D eigenvalue weighted by molar-refractivity contribution is 0.0217. The lowest BCUT2D eigenvalue weighted by Crippen LogP contribution is -2.57. The fourth-order valence-electron chi connectivity index (χ4n) is 3.83. The molecule has 2 heterocycles. The Balaban J connectivity index is 1.50. The van der Waals surface area contributed by atoms with Gasteiger partial charge in [0.25, 0.3) is 0 Å². The summed E-state index contributed by atoms with van der Waals surface area (Å²) in [7, 11) is 0. The highest BCUT2D eigenvalue weighted by molar-refractivity contribution is 5.65. The van der Waals surface area contributed by atoms with Gasteiger partial charge in [0.05, 0.1) is 0 Å². The molecule has 5 heteroatoms. The first-order chi connectivity index (χ1) is 11.1. The molecule has 0 aliphatic carbocycles. The first-order valence-electron chi connectivity index (χ1n) is 8.61. The quantitative estimate of drug-likeness (QED) is 0.899. The predicted octanol–water partition coefficient (Wildman–Crippen LogP) is 3.10. The summed E-state index contributed by atoms with van der Waals surface area (Å²) in [5.74, 6) is 0. The standard InChI is InChI=1S/C18H27N3O2/c1-18(9-13-20(14-10-18)17(22)23)21-11-7-16(8-12-21)19-15-5-3-2-4-6-15/h2-6,16,19H,7-14H2,1H3,(H,22,23). The molecule has 0 spiro atoms. The third kappa shape index (κ3) is 3.78. The normalized spacial score (nSPS) is 22.7. The minimum Gasteiger partial charge on any atom is -0.465 e. The van der Waals surface area contributed by atoms with E-state index in [1.54, 1.807) is 4.90 Å². The number of carboxylic acid groups (broad SMARTS) is 1. The van der Waals surface area contributed by atoms with Crippen molar-refractivity contribution in [1.29, 1.82) is 0 Å². The highest BCUT2D eigenvalue weighted by atomic mass is 16.4. The zero-order valence-corrected chi connectivity index (χ0v) is 13.9. The first-order valence-corrected chi connectivity index (χ1v) is 8.61. The number of carbonyl (C=O) groups is 1. The Hall–Kier alpha value is -1.75. The molecule has 0 atom stereocenters. The van der Waals surface area contributed by atoms with E-state index < -0.39 is 6.09 Å². The predicted molar refractivity (Wildman–Crippen MR) is 91.9 cm³/mol. The third-order valence-electron chi connectivity index (χ3n) is 5.51. The Bertz CT molecular complexity index is 518. The minimum atomic E-state index is -0.780. The van der Waals surface area contributed by atoms with E-state index in [9.17, 15) is 4.79 Å². The molecule has 0 radical (unpaired) electrons. The number of hydrogen-bond donors (Lipinski definition) is 2. The maximum absolute atomic E-state index is 11.1. The second-order valence-electron chi connectivity index (χ2n) is 7.04. The van der Waals surface area contributed by atoms with Crippen LogP contribution in [0.2, 0.25) is 0 Å². The second-order valence-corrected chi connectivity index (χ2v) is 7.04. The zero-order valence-electron chi connectivity index (χ0n) is 13.9. The Labute approximate surface area is 138 Å². The molecule has 2 aliphatic rings. The van der Waals surface area contributed by atoms with Crippen molar-refractivity contribution in [3.05, 3.63) is 30.3 Å². The lowest BCUT2D eigenvalue weighted by Gasteiger charge is -2.49. The molecule has 0 unspecified atom stereocenters. The third-order valence-corrected chi connectivity index (χ3v) is 5.51. The lowest BCUT2D eigenvalue weighted by atomic mass is 9.85. The van der Waals surface area contributed by atoms with E-state index in [2.05, 4.69) is 41.4 Å². The number of benzene rings is 1. The van der Waals surface area contributed by atoms with Gasteiger partial charge in [0.15, 0.2) is 0 Å². The van der Waals surface area contributed by atoms with Crippen LogP contribution >= 0.6 is 0 Å². The first kappa shape index (κ1) is 16.1. The number of anilines is 1. The van der Waals surface area contributed by atoms with Gasteiger partial charge in [-0.25, -0.2) is 4.79 Å². The van der Waals surface area contributed by atoms with E-state index in [1.165, 1.54) is 5.69 Å². The Morgan fingerprint density at radius 3 is 2.30 bits per heavy atom. The van der Waals surface area contributed by atoms with Gasteiger partial charge in [-0.3, -0.25) is 4.90 Å². The number of nitrogens with one attached hydrogen (secondary N) is 1. The molecule has 0 bridgehead atoms. The average molecular weight is 317 g/mol. The molecule has 1 aromatic rings. The molecule has 1 amide bonds. The van der Waals surface area contributed by atoms with Crippen LogP contribution in [0, 0.1) is 0 Å². The van der Waals surface area contributed by atoms with Crippen LogP contribution in [0.5, 0.6) is 0 Å². The van der Waals surface area contributed by atoms with E-state index in [0.29, 0.717) is 19.1 Å². The summed E-state index contributed by atoms with van der Waals surface area (Å²) in [4.78, 5) is 15.2. The Kier molecular flexibility index (Phi) is 4.76. The molecule has 2 N–H and O–H groups in total. The van der Waals surface area contributed by atoms with Gasteiger partial charge < -0.3 is 15.3 Å². The number of rotatable bonds is 3. The summed E-state index contributed by atoms with van der Waals surface area (Å²) < 4.78 is 0. The SMILES string of the molecule is CC1(N2CCC(Nc3ccccc3)CC2)CCN(C(=O)O)CC1. The number of hydrogen-bond acceptors (Lipinski definition) is 3.